The Morgan fingerprint density at radius 3 is 2.50 bits per heavy atom. The number of aromatic amines is 1. The third-order valence-electron chi connectivity index (χ3n) is 2.72. The van der Waals surface area contributed by atoms with Crippen molar-refractivity contribution in [1.82, 2.24) is 9.97 Å². The number of nitrogens with one attached hydrogen (secondary N) is 1. The summed E-state index contributed by atoms with van der Waals surface area (Å²) < 4.78 is 0.506. The van der Waals surface area contributed by atoms with Gasteiger partial charge in [0.05, 0.1) is 15.3 Å². The van der Waals surface area contributed by atoms with E-state index in [4.69, 9.17) is 28.8 Å². The molecule has 2 aromatic rings. The summed E-state index contributed by atoms with van der Waals surface area (Å²) in [6, 6.07) is 6.27. The molecule has 0 aliphatic rings. The zero-order valence-corrected chi connectivity index (χ0v) is 12.8. The second kappa shape index (κ2) is 6.58. The first-order chi connectivity index (χ1) is 10.4. The molecule has 114 valence electrons. The molecule has 2 rings (SSSR count). The summed E-state index contributed by atoms with van der Waals surface area (Å²) >= 11 is 6.49. The zero-order valence-electron chi connectivity index (χ0n) is 11.2. The Morgan fingerprint density at radius 2 is 1.95 bits per heavy atom. The lowest BCUT2D eigenvalue weighted by molar-refractivity contribution is 0.0697. The van der Waals surface area contributed by atoms with Crippen LogP contribution in [0.15, 0.2) is 34.0 Å². The van der Waals surface area contributed by atoms with Crippen LogP contribution in [0.25, 0.3) is 0 Å². The van der Waals surface area contributed by atoms with Crippen molar-refractivity contribution < 1.29 is 9.90 Å². The number of anilines is 2. The van der Waals surface area contributed by atoms with E-state index in [0.717, 1.165) is 4.90 Å². The molecule has 0 atom stereocenters. The van der Waals surface area contributed by atoms with E-state index in [0.29, 0.717) is 4.20 Å². The lowest BCUT2D eigenvalue weighted by Gasteiger charge is -2.06. The van der Waals surface area contributed by atoms with Crippen LogP contribution in [-0.2, 0) is 6.42 Å². The number of H-pyrrole nitrogens is 1. The van der Waals surface area contributed by atoms with E-state index in [9.17, 15) is 9.59 Å². The number of hydrogen-bond acceptors (Lipinski definition) is 7. The van der Waals surface area contributed by atoms with Crippen molar-refractivity contribution >= 4 is 45.9 Å². The molecule has 0 unspecified atom stereocenters. The highest BCUT2D eigenvalue weighted by molar-refractivity contribution is 8.23. The summed E-state index contributed by atoms with van der Waals surface area (Å²) in [5.74, 6) is -0.995. The van der Waals surface area contributed by atoms with Gasteiger partial charge in [-0.2, -0.15) is 4.98 Å². The first kappa shape index (κ1) is 16.0. The molecule has 0 spiro atoms. The summed E-state index contributed by atoms with van der Waals surface area (Å²) in [4.78, 5) is 29.5. The highest BCUT2D eigenvalue weighted by Crippen LogP contribution is 2.22. The Kier molecular flexibility index (Phi) is 4.78. The second-order valence-electron chi connectivity index (χ2n) is 4.30. The molecule has 0 bridgehead atoms. The lowest BCUT2D eigenvalue weighted by Crippen LogP contribution is -2.20. The number of rotatable bonds is 4. The van der Waals surface area contributed by atoms with E-state index in [1.54, 1.807) is 12.1 Å². The molecule has 1 aromatic heterocycles. The van der Waals surface area contributed by atoms with Gasteiger partial charge in [0.1, 0.15) is 5.82 Å². The fourth-order valence-corrected chi connectivity index (χ4v) is 2.87. The summed E-state index contributed by atoms with van der Waals surface area (Å²) in [5.41, 5.74) is 11.1. The number of aromatic carboxylic acids is 1. The Hall–Kier alpha value is -2.39. The van der Waals surface area contributed by atoms with Gasteiger partial charge in [0.2, 0.25) is 5.95 Å². The summed E-state index contributed by atoms with van der Waals surface area (Å²) in [6.07, 6.45) is 0.162. The second-order valence-corrected chi connectivity index (χ2v) is 6.21. The fourth-order valence-electron chi connectivity index (χ4n) is 1.68. The van der Waals surface area contributed by atoms with Crippen LogP contribution in [-0.4, -0.2) is 25.2 Å². The number of aromatic nitrogens is 2. The van der Waals surface area contributed by atoms with Gasteiger partial charge in [-0.3, -0.25) is 9.78 Å². The van der Waals surface area contributed by atoms with Crippen molar-refractivity contribution in [2.75, 3.05) is 11.5 Å². The van der Waals surface area contributed by atoms with Gasteiger partial charge in [0, 0.05) is 11.3 Å². The minimum absolute atomic E-state index is 0.0467. The van der Waals surface area contributed by atoms with Gasteiger partial charge in [0.25, 0.3) is 5.56 Å². The maximum absolute atomic E-state index is 11.8. The molecule has 0 saturated heterocycles. The Balaban J connectivity index is 2.10. The Labute approximate surface area is 134 Å². The van der Waals surface area contributed by atoms with Crippen molar-refractivity contribution in [2.45, 2.75) is 11.3 Å². The summed E-state index contributed by atoms with van der Waals surface area (Å²) in [6.45, 7) is 0. The molecule has 0 amide bonds. The number of nitrogen functional groups attached to an aromatic ring is 2. The first-order valence-electron chi connectivity index (χ1n) is 6.05. The predicted octanol–water partition coefficient (Wildman–Crippen LogP) is 1.29. The van der Waals surface area contributed by atoms with E-state index >= 15 is 0 Å². The highest BCUT2D eigenvalue weighted by Gasteiger charge is 2.12. The average molecular weight is 336 g/mol. The third-order valence-corrected chi connectivity index (χ3v) is 3.99. The van der Waals surface area contributed by atoms with Gasteiger partial charge >= 0.3 is 5.97 Å². The number of benzene rings is 1. The Morgan fingerprint density at radius 1 is 1.32 bits per heavy atom. The van der Waals surface area contributed by atoms with E-state index in [-0.39, 0.29) is 29.3 Å². The lowest BCUT2D eigenvalue weighted by atomic mass is 10.2. The number of thioether (sulfide) groups is 1. The summed E-state index contributed by atoms with van der Waals surface area (Å²) in [5, 5.41) is 8.83. The standard InChI is InChI=1S/C13H12N4O3S2/c14-10-8(11(18)17-13(15)16-10)5-9(21)22-7-3-1-6(2-4-7)12(19)20/h1-4H,5H2,(H,19,20)(H5,14,15,16,17,18). The molecule has 0 saturated carbocycles. The van der Waals surface area contributed by atoms with Crippen molar-refractivity contribution in [3.8, 4) is 0 Å². The van der Waals surface area contributed by atoms with Crippen LogP contribution in [0.3, 0.4) is 0 Å². The highest BCUT2D eigenvalue weighted by atomic mass is 32.2. The molecule has 0 aliphatic heterocycles. The van der Waals surface area contributed by atoms with Gasteiger partial charge in [-0.15, -0.1) is 0 Å². The number of carbonyl (C=O) groups is 1. The number of nitrogens with zero attached hydrogens (tertiary/aromatic N) is 1. The molecule has 9 heteroatoms. The van der Waals surface area contributed by atoms with Crippen molar-refractivity contribution in [3.05, 3.63) is 45.7 Å². The molecule has 0 aliphatic carbocycles. The van der Waals surface area contributed by atoms with Crippen molar-refractivity contribution in [1.29, 1.82) is 0 Å². The molecular formula is C13H12N4O3S2. The SMILES string of the molecule is Nc1nc(N)c(CC(=S)Sc2ccc(C(=O)O)cc2)c(=O)[nH]1. The largest absolute Gasteiger partial charge is 0.478 e. The number of carboxylic acid groups (broad SMARTS) is 1. The fraction of sp³-hybridized carbons (Fsp3) is 0.0769. The van der Waals surface area contributed by atoms with Gasteiger partial charge in [0.15, 0.2) is 0 Å². The molecule has 0 radical (unpaired) electrons. The van der Waals surface area contributed by atoms with Crippen LogP contribution in [0.2, 0.25) is 0 Å². The molecule has 1 heterocycles. The molecular weight excluding hydrogens is 324 g/mol. The van der Waals surface area contributed by atoms with E-state index in [1.807, 2.05) is 0 Å². The normalized spacial score (nSPS) is 10.4. The topological polar surface area (TPSA) is 135 Å². The number of hydrogen-bond donors (Lipinski definition) is 4. The van der Waals surface area contributed by atoms with E-state index in [1.165, 1.54) is 23.9 Å². The van der Waals surface area contributed by atoms with Crippen molar-refractivity contribution in [3.63, 3.8) is 0 Å². The third kappa shape index (κ3) is 3.83. The van der Waals surface area contributed by atoms with Gasteiger partial charge in [-0.1, -0.05) is 24.0 Å². The van der Waals surface area contributed by atoms with Crippen LogP contribution in [0.1, 0.15) is 15.9 Å². The minimum Gasteiger partial charge on any atom is -0.478 e. The van der Waals surface area contributed by atoms with Crippen LogP contribution < -0.4 is 17.0 Å². The Bertz CT molecular complexity index is 787. The zero-order chi connectivity index (χ0) is 16.3. The van der Waals surface area contributed by atoms with E-state index < -0.39 is 11.5 Å². The molecule has 1 aromatic carbocycles. The smallest absolute Gasteiger partial charge is 0.335 e. The maximum atomic E-state index is 11.8. The number of carboxylic acids is 1. The molecule has 7 nitrogen and oxygen atoms in total. The van der Waals surface area contributed by atoms with Gasteiger partial charge < -0.3 is 16.6 Å². The molecule has 0 fully saturated rings. The average Bonchev–Trinajstić information content (AvgIpc) is 2.43. The number of thiocarbonyl (C=S) groups is 1. The van der Waals surface area contributed by atoms with Gasteiger partial charge in [-0.05, 0) is 24.3 Å². The van der Waals surface area contributed by atoms with Crippen molar-refractivity contribution in [2.24, 2.45) is 0 Å². The van der Waals surface area contributed by atoms with E-state index in [2.05, 4.69) is 9.97 Å². The van der Waals surface area contributed by atoms with Crippen LogP contribution in [0.5, 0.6) is 0 Å². The van der Waals surface area contributed by atoms with Crippen LogP contribution in [0, 0.1) is 0 Å². The number of nitrogens with two attached hydrogens (primary N) is 2. The molecule has 22 heavy (non-hydrogen) atoms. The predicted molar refractivity (Wildman–Crippen MR) is 89.2 cm³/mol. The first-order valence-corrected chi connectivity index (χ1v) is 7.27. The summed E-state index contributed by atoms with van der Waals surface area (Å²) in [7, 11) is 0. The van der Waals surface area contributed by atoms with Crippen LogP contribution >= 0.6 is 24.0 Å². The monoisotopic (exact) mass is 336 g/mol. The molecule has 6 N–H and O–H groups in total. The quantitative estimate of drug-likeness (QED) is 0.484. The van der Waals surface area contributed by atoms with Crippen LogP contribution in [0.4, 0.5) is 11.8 Å². The minimum atomic E-state index is -0.994. The van der Waals surface area contributed by atoms with Gasteiger partial charge in [-0.25, -0.2) is 4.79 Å². The maximum Gasteiger partial charge on any atom is 0.335 e.